The van der Waals surface area contributed by atoms with Crippen molar-refractivity contribution in [1.29, 1.82) is 0 Å². The lowest BCUT2D eigenvalue weighted by molar-refractivity contribution is 0.420. The van der Waals surface area contributed by atoms with Crippen molar-refractivity contribution in [3.05, 3.63) is 51.6 Å². The number of hydrogen-bond donors (Lipinski definition) is 1. The van der Waals surface area contributed by atoms with Crippen LogP contribution in [0.2, 0.25) is 15.1 Å². The zero-order chi connectivity index (χ0) is 14.3. The molecule has 0 aliphatic rings. The van der Waals surface area contributed by atoms with Crippen LogP contribution in [0.4, 0.5) is 0 Å². The molecule has 1 N–H and O–H groups in total. The molecule has 0 saturated heterocycles. The molecule has 3 aromatic rings. The minimum absolute atomic E-state index is 0.437. The van der Waals surface area contributed by atoms with Gasteiger partial charge in [0.2, 0.25) is 0 Å². The molecule has 0 radical (unpaired) electrons. The van der Waals surface area contributed by atoms with Crippen molar-refractivity contribution in [1.82, 2.24) is 4.98 Å². The van der Waals surface area contributed by atoms with Gasteiger partial charge in [0.1, 0.15) is 5.75 Å². The van der Waals surface area contributed by atoms with Crippen LogP contribution < -0.4 is 4.74 Å². The van der Waals surface area contributed by atoms with Gasteiger partial charge in [-0.25, -0.2) is 0 Å². The fraction of sp³-hybridized carbons (Fsp3) is 0.0667. The molecule has 0 atom stereocenters. The number of rotatable bonds is 2. The molecule has 0 bridgehead atoms. The number of fused-ring (bicyclic) bond motifs is 1. The fourth-order valence-corrected chi connectivity index (χ4v) is 2.98. The molecule has 0 aliphatic carbocycles. The van der Waals surface area contributed by atoms with Crippen LogP contribution in [0.1, 0.15) is 0 Å². The van der Waals surface area contributed by atoms with Gasteiger partial charge in [-0.15, -0.1) is 0 Å². The summed E-state index contributed by atoms with van der Waals surface area (Å²) in [5.74, 6) is 0.755. The summed E-state index contributed by atoms with van der Waals surface area (Å²) in [6.45, 7) is 0. The van der Waals surface area contributed by atoms with E-state index in [1.54, 1.807) is 19.2 Å². The van der Waals surface area contributed by atoms with E-state index in [0.717, 1.165) is 22.2 Å². The summed E-state index contributed by atoms with van der Waals surface area (Å²) in [6, 6.07) is 9.25. The van der Waals surface area contributed by atoms with E-state index in [1.165, 1.54) is 0 Å². The van der Waals surface area contributed by atoms with Crippen molar-refractivity contribution in [2.75, 3.05) is 7.11 Å². The zero-order valence-electron chi connectivity index (χ0n) is 10.5. The van der Waals surface area contributed by atoms with E-state index < -0.39 is 0 Å². The quantitative estimate of drug-likeness (QED) is 0.591. The van der Waals surface area contributed by atoms with Gasteiger partial charge in [0.25, 0.3) is 0 Å². The largest absolute Gasteiger partial charge is 0.496 e. The Bertz CT molecular complexity index is 795. The number of benzene rings is 2. The van der Waals surface area contributed by atoms with E-state index in [9.17, 15) is 0 Å². The summed E-state index contributed by atoms with van der Waals surface area (Å²) in [6.07, 6.45) is 1.86. The number of aromatic amines is 1. The Labute approximate surface area is 131 Å². The Morgan fingerprint density at radius 1 is 1.00 bits per heavy atom. The van der Waals surface area contributed by atoms with Gasteiger partial charge < -0.3 is 9.72 Å². The number of ether oxygens (including phenoxy) is 1. The van der Waals surface area contributed by atoms with Crippen molar-refractivity contribution in [3.8, 4) is 16.9 Å². The Morgan fingerprint density at radius 2 is 1.75 bits per heavy atom. The van der Waals surface area contributed by atoms with Crippen LogP contribution in [0.3, 0.4) is 0 Å². The molecule has 0 unspecified atom stereocenters. The summed E-state index contributed by atoms with van der Waals surface area (Å²) in [7, 11) is 1.63. The van der Waals surface area contributed by atoms with Crippen LogP contribution in [0.25, 0.3) is 22.0 Å². The van der Waals surface area contributed by atoms with E-state index in [0.29, 0.717) is 20.6 Å². The molecule has 1 aromatic heterocycles. The highest BCUT2D eigenvalue weighted by Gasteiger charge is 2.14. The minimum Gasteiger partial charge on any atom is -0.496 e. The standard InChI is InChI=1S/C15H10Cl3NO/c1-20-13-7-8(6-12-9(13)4-5-19-12)14-10(16)2-3-11(17)15(14)18/h2-7,19H,1H3. The fourth-order valence-electron chi connectivity index (χ4n) is 2.24. The summed E-state index contributed by atoms with van der Waals surface area (Å²) >= 11 is 18.6. The zero-order valence-corrected chi connectivity index (χ0v) is 12.8. The first-order valence-corrected chi connectivity index (χ1v) is 7.04. The number of hydrogen-bond acceptors (Lipinski definition) is 1. The van der Waals surface area contributed by atoms with Crippen molar-refractivity contribution < 1.29 is 4.74 Å². The summed E-state index contributed by atoms with van der Waals surface area (Å²) in [5.41, 5.74) is 2.51. The third-order valence-corrected chi connectivity index (χ3v) is 4.30. The average Bonchev–Trinajstić information content (AvgIpc) is 2.91. The van der Waals surface area contributed by atoms with Gasteiger partial charge in [-0.1, -0.05) is 34.8 Å². The molecular weight excluding hydrogens is 317 g/mol. The number of H-pyrrole nitrogens is 1. The van der Waals surface area contributed by atoms with Crippen LogP contribution in [0, 0.1) is 0 Å². The first-order chi connectivity index (χ1) is 9.61. The van der Waals surface area contributed by atoms with Crippen molar-refractivity contribution >= 4 is 45.7 Å². The molecule has 1 heterocycles. The topological polar surface area (TPSA) is 25.0 Å². The van der Waals surface area contributed by atoms with E-state index in [2.05, 4.69) is 4.98 Å². The van der Waals surface area contributed by atoms with Gasteiger partial charge in [0.15, 0.2) is 0 Å². The molecule has 0 saturated carbocycles. The predicted octanol–water partition coefficient (Wildman–Crippen LogP) is 5.80. The van der Waals surface area contributed by atoms with Crippen LogP contribution in [0.15, 0.2) is 36.5 Å². The Morgan fingerprint density at radius 3 is 2.50 bits per heavy atom. The lowest BCUT2D eigenvalue weighted by atomic mass is 10.0. The highest BCUT2D eigenvalue weighted by Crippen LogP contribution is 2.41. The molecule has 0 amide bonds. The van der Waals surface area contributed by atoms with Crippen LogP contribution >= 0.6 is 34.8 Å². The SMILES string of the molecule is COc1cc(-c2c(Cl)ccc(Cl)c2Cl)cc2[nH]ccc12. The third kappa shape index (κ3) is 2.14. The molecule has 0 fully saturated rings. The van der Waals surface area contributed by atoms with E-state index >= 15 is 0 Å². The maximum Gasteiger partial charge on any atom is 0.128 e. The molecule has 2 nitrogen and oxygen atoms in total. The number of halogens is 3. The van der Waals surface area contributed by atoms with Gasteiger partial charge >= 0.3 is 0 Å². The van der Waals surface area contributed by atoms with E-state index in [4.69, 9.17) is 39.5 Å². The Kier molecular flexibility index (Phi) is 3.55. The van der Waals surface area contributed by atoms with Gasteiger partial charge in [-0.05, 0) is 35.9 Å². The Balaban J connectivity index is 2.32. The second kappa shape index (κ2) is 5.21. The third-order valence-electron chi connectivity index (χ3n) is 3.18. The molecule has 20 heavy (non-hydrogen) atoms. The summed E-state index contributed by atoms with van der Waals surface area (Å²) in [4.78, 5) is 3.16. The molecular formula is C15H10Cl3NO. The number of methoxy groups -OCH3 is 1. The molecule has 0 spiro atoms. The number of aromatic nitrogens is 1. The van der Waals surface area contributed by atoms with Crippen molar-refractivity contribution in [3.63, 3.8) is 0 Å². The molecule has 102 valence electrons. The molecule has 2 aromatic carbocycles. The molecule has 0 aliphatic heterocycles. The van der Waals surface area contributed by atoms with Gasteiger partial charge in [0.05, 0.1) is 17.2 Å². The maximum absolute atomic E-state index is 6.29. The predicted molar refractivity (Wildman–Crippen MR) is 85.3 cm³/mol. The van der Waals surface area contributed by atoms with Crippen molar-refractivity contribution in [2.24, 2.45) is 0 Å². The lowest BCUT2D eigenvalue weighted by Crippen LogP contribution is -1.88. The highest BCUT2D eigenvalue weighted by atomic mass is 35.5. The van der Waals surface area contributed by atoms with Gasteiger partial charge in [-0.2, -0.15) is 0 Å². The first-order valence-electron chi connectivity index (χ1n) is 5.91. The first kappa shape index (κ1) is 13.6. The second-order valence-corrected chi connectivity index (χ2v) is 5.53. The number of nitrogens with one attached hydrogen (secondary N) is 1. The molecule has 3 rings (SSSR count). The second-order valence-electron chi connectivity index (χ2n) is 4.34. The van der Waals surface area contributed by atoms with Crippen LogP contribution in [-0.4, -0.2) is 12.1 Å². The van der Waals surface area contributed by atoms with E-state index in [-0.39, 0.29) is 0 Å². The smallest absolute Gasteiger partial charge is 0.128 e. The van der Waals surface area contributed by atoms with E-state index in [1.807, 2.05) is 24.4 Å². The summed E-state index contributed by atoms with van der Waals surface area (Å²) < 4.78 is 5.42. The maximum atomic E-state index is 6.29. The highest BCUT2D eigenvalue weighted by molar-refractivity contribution is 6.46. The minimum atomic E-state index is 0.437. The lowest BCUT2D eigenvalue weighted by Gasteiger charge is -2.11. The normalized spacial score (nSPS) is 11.0. The van der Waals surface area contributed by atoms with Crippen LogP contribution in [0.5, 0.6) is 5.75 Å². The van der Waals surface area contributed by atoms with Crippen LogP contribution in [-0.2, 0) is 0 Å². The van der Waals surface area contributed by atoms with Crippen molar-refractivity contribution in [2.45, 2.75) is 0 Å². The molecule has 5 heteroatoms. The average molecular weight is 327 g/mol. The van der Waals surface area contributed by atoms with Gasteiger partial charge in [-0.3, -0.25) is 0 Å². The van der Waals surface area contributed by atoms with Gasteiger partial charge in [0, 0.05) is 27.7 Å². The monoisotopic (exact) mass is 325 g/mol. The Hall–Kier alpha value is -1.35. The summed E-state index contributed by atoms with van der Waals surface area (Å²) in [5, 5.41) is 2.46.